The smallest absolute Gasteiger partial charge is 0.257 e. The van der Waals surface area contributed by atoms with Gasteiger partial charge in [-0.05, 0) is 31.6 Å². The Morgan fingerprint density at radius 1 is 1.35 bits per heavy atom. The zero-order valence-electron chi connectivity index (χ0n) is 12.5. The molecule has 5 nitrogen and oxygen atoms in total. The zero-order chi connectivity index (χ0) is 14.9. The SMILES string of the molecule is CCC1CCC(n2cc(S(N)(=O)=O)nc2C(C)C)CC1. The van der Waals surface area contributed by atoms with E-state index in [0.717, 1.165) is 24.6 Å². The van der Waals surface area contributed by atoms with Crippen LogP contribution in [0.15, 0.2) is 11.2 Å². The Labute approximate surface area is 121 Å². The van der Waals surface area contributed by atoms with Crippen molar-refractivity contribution in [2.24, 2.45) is 11.1 Å². The van der Waals surface area contributed by atoms with E-state index in [4.69, 9.17) is 5.14 Å². The van der Waals surface area contributed by atoms with Gasteiger partial charge in [-0.3, -0.25) is 0 Å². The van der Waals surface area contributed by atoms with Crippen molar-refractivity contribution in [1.29, 1.82) is 0 Å². The van der Waals surface area contributed by atoms with E-state index in [1.165, 1.54) is 19.3 Å². The van der Waals surface area contributed by atoms with E-state index in [-0.39, 0.29) is 10.9 Å². The molecule has 114 valence electrons. The molecule has 1 aliphatic carbocycles. The number of rotatable bonds is 4. The van der Waals surface area contributed by atoms with Gasteiger partial charge in [0.25, 0.3) is 10.0 Å². The molecule has 20 heavy (non-hydrogen) atoms. The molecule has 1 fully saturated rings. The summed E-state index contributed by atoms with van der Waals surface area (Å²) in [5, 5.41) is 5.21. The fraction of sp³-hybridized carbons (Fsp3) is 0.786. The van der Waals surface area contributed by atoms with Crippen LogP contribution < -0.4 is 5.14 Å². The van der Waals surface area contributed by atoms with Crippen molar-refractivity contribution in [2.75, 3.05) is 0 Å². The molecule has 6 heteroatoms. The lowest BCUT2D eigenvalue weighted by atomic mass is 9.84. The number of sulfonamides is 1. The van der Waals surface area contributed by atoms with Crippen LogP contribution in [-0.4, -0.2) is 18.0 Å². The van der Waals surface area contributed by atoms with Gasteiger partial charge < -0.3 is 4.57 Å². The van der Waals surface area contributed by atoms with Crippen molar-refractivity contribution in [3.63, 3.8) is 0 Å². The van der Waals surface area contributed by atoms with Crippen LogP contribution in [0, 0.1) is 5.92 Å². The van der Waals surface area contributed by atoms with Crippen LogP contribution in [0.1, 0.15) is 70.7 Å². The minimum Gasteiger partial charge on any atom is -0.330 e. The van der Waals surface area contributed by atoms with Gasteiger partial charge in [-0.25, -0.2) is 18.5 Å². The summed E-state index contributed by atoms with van der Waals surface area (Å²) in [4.78, 5) is 4.25. The lowest BCUT2D eigenvalue weighted by Gasteiger charge is -2.30. The number of nitrogens with zero attached hydrogens (tertiary/aromatic N) is 2. The molecule has 0 saturated heterocycles. The van der Waals surface area contributed by atoms with E-state index in [1.807, 2.05) is 13.8 Å². The number of imidazole rings is 1. The van der Waals surface area contributed by atoms with Crippen molar-refractivity contribution in [1.82, 2.24) is 9.55 Å². The van der Waals surface area contributed by atoms with Gasteiger partial charge in [-0.1, -0.05) is 27.2 Å². The van der Waals surface area contributed by atoms with Gasteiger partial charge in [0.05, 0.1) is 0 Å². The summed E-state index contributed by atoms with van der Waals surface area (Å²) in [6.45, 7) is 6.30. The average molecular weight is 299 g/mol. The first-order valence-corrected chi connectivity index (χ1v) is 8.99. The maximum Gasteiger partial charge on any atom is 0.257 e. The predicted octanol–water partition coefficient (Wildman–Crippen LogP) is 2.80. The molecule has 0 spiro atoms. The lowest BCUT2D eigenvalue weighted by molar-refractivity contribution is 0.264. The number of aromatic nitrogens is 2. The summed E-state index contributed by atoms with van der Waals surface area (Å²) >= 11 is 0. The van der Waals surface area contributed by atoms with Gasteiger partial charge in [0.1, 0.15) is 5.82 Å². The zero-order valence-corrected chi connectivity index (χ0v) is 13.4. The van der Waals surface area contributed by atoms with Crippen LogP contribution in [0.25, 0.3) is 0 Å². The van der Waals surface area contributed by atoms with E-state index in [1.54, 1.807) is 6.20 Å². The third-order valence-corrected chi connectivity index (χ3v) is 5.11. The lowest BCUT2D eigenvalue weighted by Crippen LogP contribution is -2.19. The molecular formula is C14H25N3O2S. The Morgan fingerprint density at radius 2 is 1.95 bits per heavy atom. The Balaban J connectivity index is 2.29. The van der Waals surface area contributed by atoms with E-state index in [9.17, 15) is 8.42 Å². The maximum atomic E-state index is 11.5. The fourth-order valence-corrected chi connectivity index (χ4v) is 3.55. The molecule has 0 atom stereocenters. The van der Waals surface area contributed by atoms with E-state index in [2.05, 4.69) is 16.5 Å². The van der Waals surface area contributed by atoms with E-state index in [0.29, 0.717) is 6.04 Å². The highest BCUT2D eigenvalue weighted by molar-refractivity contribution is 7.89. The van der Waals surface area contributed by atoms with Crippen molar-refractivity contribution < 1.29 is 8.42 Å². The highest BCUT2D eigenvalue weighted by Gasteiger charge is 2.26. The first-order valence-electron chi connectivity index (χ1n) is 7.44. The Bertz CT molecular complexity index is 555. The third-order valence-electron chi connectivity index (χ3n) is 4.33. The predicted molar refractivity (Wildman–Crippen MR) is 79.0 cm³/mol. The number of primary sulfonamides is 1. The molecule has 1 aromatic rings. The van der Waals surface area contributed by atoms with Crippen LogP contribution in [0.2, 0.25) is 0 Å². The number of hydrogen-bond donors (Lipinski definition) is 1. The minimum atomic E-state index is -3.72. The second-order valence-corrected chi connectivity index (χ2v) is 7.64. The molecule has 1 aromatic heterocycles. The van der Waals surface area contributed by atoms with Crippen LogP contribution in [-0.2, 0) is 10.0 Å². The second-order valence-electron chi connectivity index (χ2n) is 6.13. The second kappa shape index (κ2) is 5.85. The van der Waals surface area contributed by atoms with Crippen LogP contribution in [0.5, 0.6) is 0 Å². The van der Waals surface area contributed by atoms with Gasteiger partial charge in [-0.2, -0.15) is 0 Å². The average Bonchev–Trinajstić information content (AvgIpc) is 2.84. The van der Waals surface area contributed by atoms with Crippen LogP contribution in [0.3, 0.4) is 0 Å². The standard InChI is InChI=1S/C14H25N3O2S/c1-4-11-5-7-12(8-6-11)17-9-13(20(15,18)19)16-14(17)10(2)3/h9-12H,4-8H2,1-3H3,(H2,15,18,19). The summed E-state index contributed by atoms with van der Waals surface area (Å²) in [6.07, 6.45) is 7.47. The Morgan fingerprint density at radius 3 is 2.40 bits per heavy atom. The van der Waals surface area contributed by atoms with Gasteiger partial charge in [-0.15, -0.1) is 0 Å². The normalized spacial score (nSPS) is 24.2. The number of hydrogen-bond acceptors (Lipinski definition) is 3. The molecule has 0 aliphatic heterocycles. The van der Waals surface area contributed by atoms with E-state index < -0.39 is 10.0 Å². The number of nitrogens with two attached hydrogens (primary N) is 1. The van der Waals surface area contributed by atoms with Gasteiger partial charge in [0, 0.05) is 18.2 Å². The highest BCUT2D eigenvalue weighted by Crippen LogP contribution is 2.35. The quantitative estimate of drug-likeness (QED) is 0.928. The summed E-state index contributed by atoms with van der Waals surface area (Å²) < 4.78 is 25.1. The van der Waals surface area contributed by atoms with Crippen LogP contribution in [0.4, 0.5) is 0 Å². The third kappa shape index (κ3) is 3.23. The molecule has 2 N–H and O–H groups in total. The highest BCUT2D eigenvalue weighted by atomic mass is 32.2. The van der Waals surface area contributed by atoms with Gasteiger partial charge >= 0.3 is 0 Å². The molecule has 2 rings (SSSR count). The summed E-state index contributed by atoms with van der Waals surface area (Å²) in [5.74, 6) is 1.83. The molecule has 0 aromatic carbocycles. The molecule has 0 unspecified atom stereocenters. The first kappa shape index (κ1) is 15.5. The van der Waals surface area contributed by atoms with Crippen LogP contribution >= 0.6 is 0 Å². The van der Waals surface area contributed by atoms with E-state index >= 15 is 0 Å². The monoisotopic (exact) mass is 299 g/mol. The maximum absolute atomic E-state index is 11.5. The molecule has 1 saturated carbocycles. The summed E-state index contributed by atoms with van der Waals surface area (Å²) in [5.41, 5.74) is 0. The Hall–Kier alpha value is -0.880. The molecular weight excluding hydrogens is 274 g/mol. The molecule has 1 heterocycles. The molecule has 0 bridgehead atoms. The van der Waals surface area contributed by atoms with Gasteiger partial charge in [0.2, 0.25) is 0 Å². The minimum absolute atomic E-state index is 0.00110. The van der Waals surface area contributed by atoms with Crippen molar-refractivity contribution in [3.8, 4) is 0 Å². The molecule has 1 aliphatic rings. The molecule has 0 amide bonds. The largest absolute Gasteiger partial charge is 0.330 e. The topological polar surface area (TPSA) is 78.0 Å². The summed E-state index contributed by atoms with van der Waals surface area (Å²) in [7, 11) is -3.72. The molecule has 0 radical (unpaired) electrons. The fourth-order valence-electron chi connectivity index (χ4n) is 3.07. The van der Waals surface area contributed by atoms with Crippen molar-refractivity contribution in [2.45, 2.75) is 69.9 Å². The van der Waals surface area contributed by atoms with Gasteiger partial charge in [0.15, 0.2) is 5.03 Å². The first-order chi connectivity index (χ1) is 9.32. The Kier molecular flexibility index (Phi) is 4.54. The summed E-state index contributed by atoms with van der Waals surface area (Å²) in [6, 6.07) is 0.359. The van der Waals surface area contributed by atoms with Crippen molar-refractivity contribution >= 4 is 10.0 Å². The van der Waals surface area contributed by atoms with Crippen molar-refractivity contribution in [3.05, 3.63) is 12.0 Å².